The van der Waals surface area contributed by atoms with Crippen molar-refractivity contribution in [3.05, 3.63) is 0 Å². The van der Waals surface area contributed by atoms with Crippen LogP contribution >= 0.6 is 15.6 Å². The number of phosphoric ester groups is 2. The Morgan fingerprint density at radius 1 is 0.275 bits per heavy atom. The van der Waals surface area contributed by atoms with E-state index in [-0.39, 0.29) is 25.7 Å². The maximum atomic E-state index is 13.1. The second kappa shape index (κ2) is 73.2. The molecule has 17 nitrogen and oxygen atoms in total. The lowest BCUT2D eigenvalue weighted by atomic mass is 9.99. The average Bonchev–Trinajstić information content (AvgIpc) is 0.910. The van der Waals surface area contributed by atoms with Crippen LogP contribution in [-0.4, -0.2) is 96.7 Å². The van der Waals surface area contributed by atoms with Crippen LogP contribution in [0.25, 0.3) is 0 Å². The van der Waals surface area contributed by atoms with Gasteiger partial charge in [0, 0.05) is 25.7 Å². The monoisotopic (exact) mass is 1490 g/mol. The molecule has 0 aliphatic rings. The van der Waals surface area contributed by atoms with E-state index in [4.69, 9.17) is 37.0 Å². The fraction of sp³-hybridized carbons (Fsp3) is 0.952. The minimum atomic E-state index is -4.96. The summed E-state index contributed by atoms with van der Waals surface area (Å²) in [5.41, 5.74) is 0. The summed E-state index contributed by atoms with van der Waals surface area (Å²) in [6.07, 6.45) is 62.1. The Balaban J connectivity index is 5.27. The highest BCUT2D eigenvalue weighted by atomic mass is 31.2. The Labute approximate surface area is 626 Å². The zero-order chi connectivity index (χ0) is 75.1. The first-order valence-electron chi connectivity index (χ1n) is 43.0. The Kier molecular flexibility index (Phi) is 71.8. The summed E-state index contributed by atoms with van der Waals surface area (Å²) in [6, 6.07) is 0. The molecule has 3 N–H and O–H groups in total. The first-order chi connectivity index (χ1) is 49.3. The first kappa shape index (κ1) is 100. The number of hydrogen-bond donors (Lipinski definition) is 3. The summed E-state index contributed by atoms with van der Waals surface area (Å²) in [5.74, 6) is 0.392. The molecule has 0 bridgehead atoms. The number of aliphatic hydroxyl groups is 1. The molecule has 8 atom stereocenters. The molecule has 0 aliphatic carbocycles. The normalized spacial score (nSPS) is 14.7. The highest BCUT2D eigenvalue weighted by molar-refractivity contribution is 7.47. The minimum absolute atomic E-state index is 0.107. The molecular weight excluding hydrogens is 1330 g/mol. The average molecular weight is 1490 g/mol. The van der Waals surface area contributed by atoms with E-state index < -0.39 is 97.5 Å². The molecule has 0 saturated carbocycles. The highest BCUT2D eigenvalue weighted by Crippen LogP contribution is 2.45. The van der Waals surface area contributed by atoms with E-state index in [0.29, 0.717) is 25.7 Å². The van der Waals surface area contributed by atoms with Gasteiger partial charge in [-0.15, -0.1) is 0 Å². The minimum Gasteiger partial charge on any atom is -0.462 e. The van der Waals surface area contributed by atoms with Crippen molar-refractivity contribution in [3.8, 4) is 0 Å². The molecule has 0 amide bonds. The number of phosphoric acid groups is 2. The van der Waals surface area contributed by atoms with E-state index in [1.54, 1.807) is 0 Å². The largest absolute Gasteiger partial charge is 0.472 e. The molecule has 0 aromatic heterocycles. The Bertz CT molecular complexity index is 1980. The third-order valence-corrected chi connectivity index (χ3v) is 22.4. The molecule has 0 aromatic rings. The lowest BCUT2D eigenvalue weighted by Gasteiger charge is -2.21. The summed E-state index contributed by atoms with van der Waals surface area (Å²) < 4.78 is 68.8. The van der Waals surface area contributed by atoms with Crippen LogP contribution in [-0.2, 0) is 65.4 Å². The molecule has 102 heavy (non-hydrogen) atoms. The van der Waals surface area contributed by atoms with Crippen molar-refractivity contribution in [1.29, 1.82) is 0 Å². The Hall–Kier alpha value is -1.94. The number of carbonyl (C=O) groups is 4. The molecule has 0 aromatic carbocycles. The van der Waals surface area contributed by atoms with E-state index in [0.717, 1.165) is 108 Å². The van der Waals surface area contributed by atoms with Gasteiger partial charge in [-0.3, -0.25) is 37.3 Å². The van der Waals surface area contributed by atoms with Gasteiger partial charge < -0.3 is 33.8 Å². The lowest BCUT2D eigenvalue weighted by Crippen LogP contribution is -2.30. The number of aliphatic hydroxyl groups excluding tert-OH is 1. The van der Waals surface area contributed by atoms with Crippen molar-refractivity contribution in [2.24, 2.45) is 17.8 Å². The van der Waals surface area contributed by atoms with Gasteiger partial charge in [0.2, 0.25) is 0 Å². The number of hydrogen-bond acceptors (Lipinski definition) is 15. The first-order valence-corrected chi connectivity index (χ1v) is 46.0. The second-order valence-corrected chi connectivity index (χ2v) is 33.5. The molecular formula is C83H162O17P2. The van der Waals surface area contributed by atoms with Gasteiger partial charge in [0.25, 0.3) is 0 Å². The fourth-order valence-corrected chi connectivity index (χ4v) is 14.3. The van der Waals surface area contributed by atoms with Crippen LogP contribution < -0.4 is 0 Å². The van der Waals surface area contributed by atoms with Gasteiger partial charge in [0.05, 0.1) is 26.4 Å². The molecule has 0 saturated heterocycles. The van der Waals surface area contributed by atoms with Crippen LogP contribution in [0.1, 0.15) is 434 Å². The number of unbranched alkanes of at least 4 members (excludes halogenated alkanes) is 46. The molecule has 5 unspecified atom stereocenters. The topological polar surface area (TPSA) is 237 Å². The van der Waals surface area contributed by atoms with Gasteiger partial charge in [-0.05, 0) is 43.4 Å². The number of esters is 4. The van der Waals surface area contributed by atoms with Crippen LogP contribution in [0, 0.1) is 17.8 Å². The fourth-order valence-electron chi connectivity index (χ4n) is 12.7. The van der Waals surface area contributed by atoms with Gasteiger partial charge in [-0.2, -0.15) is 0 Å². The van der Waals surface area contributed by atoms with Crippen LogP contribution in [0.2, 0.25) is 0 Å². The summed E-state index contributed by atoms with van der Waals surface area (Å²) in [7, 11) is -9.93. The highest BCUT2D eigenvalue weighted by Gasteiger charge is 2.30. The predicted molar refractivity (Wildman–Crippen MR) is 418 cm³/mol. The molecule has 0 aliphatic heterocycles. The predicted octanol–water partition coefficient (Wildman–Crippen LogP) is 24.9. The van der Waals surface area contributed by atoms with E-state index in [1.807, 2.05) is 0 Å². The van der Waals surface area contributed by atoms with Crippen LogP contribution in [0.5, 0.6) is 0 Å². The SMILES string of the molecule is CCCCCCCCCCCCCCC(=O)OC[C@H](COP(=O)(O)OC[C@H](O)COP(=O)(O)OC[C@@H](COC(=O)CCCCCCCCCCCCCCCCC(C)CC)OC(=O)CCCCCCCCCCCCCCCCC(C)CC)OC(=O)CCCCCCCCCCCCC(C)CC. The molecule has 0 radical (unpaired) electrons. The van der Waals surface area contributed by atoms with E-state index in [9.17, 15) is 43.2 Å². The van der Waals surface area contributed by atoms with E-state index in [1.165, 1.54) is 244 Å². The van der Waals surface area contributed by atoms with Crippen LogP contribution in [0.15, 0.2) is 0 Å². The Morgan fingerprint density at radius 2 is 0.471 bits per heavy atom. The zero-order valence-electron chi connectivity index (χ0n) is 67.1. The van der Waals surface area contributed by atoms with Gasteiger partial charge >= 0.3 is 39.5 Å². The Morgan fingerprint density at radius 3 is 0.696 bits per heavy atom. The molecule has 0 rings (SSSR count). The van der Waals surface area contributed by atoms with E-state index >= 15 is 0 Å². The lowest BCUT2D eigenvalue weighted by molar-refractivity contribution is -0.161. The maximum Gasteiger partial charge on any atom is 0.472 e. The van der Waals surface area contributed by atoms with Gasteiger partial charge in [-0.25, -0.2) is 9.13 Å². The van der Waals surface area contributed by atoms with Gasteiger partial charge in [0.15, 0.2) is 12.2 Å². The number of rotatable bonds is 81. The van der Waals surface area contributed by atoms with Gasteiger partial charge in [0.1, 0.15) is 19.3 Å². The summed E-state index contributed by atoms with van der Waals surface area (Å²) in [4.78, 5) is 73.1. The number of ether oxygens (including phenoxy) is 4. The summed E-state index contributed by atoms with van der Waals surface area (Å²) in [6.45, 7) is 12.1. The molecule has 0 heterocycles. The standard InChI is InChI=1S/C83H162O17P2/c1-8-12-13-14-15-16-17-28-36-43-50-57-64-80(85)93-71-79(100-83(88)67-60-53-46-39-32-31-35-42-49-56-63-76(7)11-4)73-98-102(91,92)96-69-77(84)68-95-101(89,90)97-72-78(99-82(87)66-59-52-45-38-30-25-21-19-23-27-34-41-48-55-62-75(6)10-3)70-94-81(86)65-58-51-44-37-29-24-20-18-22-26-33-40-47-54-61-74(5)9-2/h74-79,84H,8-73H2,1-7H3,(H,89,90)(H,91,92)/t74?,75?,76?,77-,78-,79-/m1/s1. The van der Waals surface area contributed by atoms with Crippen molar-refractivity contribution < 1.29 is 80.2 Å². The quantitative estimate of drug-likeness (QED) is 0.0222. The van der Waals surface area contributed by atoms with Gasteiger partial charge in [-0.1, -0.05) is 382 Å². The smallest absolute Gasteiger partial charge is 0.462 e. The van der Waals surface area contributed by atoms with Crippen molar-refractivity contribution in [2.45, 2.75) is 452 Å². The van der Waals surface area contributed by atoms with Crippen LogP contribution in [0.3, 0.4) is 0 Å². The van der Waals surface area contributed by atoms with Crippen molar-refractivity contribution >= 4 is 39.5 Å². The molecule has 606 valence electrons. The third kappa shape index (κ3) is 72.3. The van der Waals surface area contributed by atoms with Crippen molar-refractivity contribution in [1.82, 2.24) is 0 Å². The zero-order valence-corrected chi connectivity index (χ0v) is 68.9. The molecule has 19 heteroatoms. The second-order valence-electron chi connectivity index (χ2n) is 30.6. The van der Waals surface area contributed by atoms with Crippen molar-refractivity contribution in [2.75, 3.05) is 39.6 Å². The number of carbonyl (C=O) groups excluding carboxylic acids is 4. The van der Waals surface area contributed by atoms with Crippen LogP contribution in [0.4, 0.5) is 0 Å². The van der Waals surface area contributed by atoms with E-state index in [2.05, 4.69) is 48.5 Å². The maximum absolute atomic E-state index is 13.1. The third-order valence-electron chi connectivity index (χ3n) is 20.5. The molecule has 0 fully saturated rings. The summed E-state index contributed by atoms with van der Waals surface area (Å²) >= 11 is 0. The van der Waals surface area contributed by atoms with Crippen molar-refractivity contribution in [3.63, 3.8) is 0 Å². The summed E-state index contributed by atoms with van der Waals surface area (Å²) in [5, 5.41) is 10.7. The molecule has 0 spiro atoms.